The number of nitrogens with zero attached hydrogens (tertiary/aromatic N) is 5. The van der Waals surface area contributed by atoms with Gasteiger partial charge in [0.15, 0.2) is 0 Å². The number of imidazole rings is 2. The number of hydrogen-bond donors (Lipinski definition) is 4. The van der Waals surface area contributed by atoms with Crippen LogP contribution in [0.4, 0.5) is 9.59 Å². The van der Waals surface area contributed by atoms with Crippen molar-refractivity contribution in [2.45, 2.75) is 114 Å². The Balaban J connectivity index is 1.05. The molecule has 2 saturated heterocycles. The van der Waals surface area contributed by atoms with Crippen molar-refractivity contribution in [3.63, 3.8) is 0 Å². The van der Waals surface area contributed by atoms with Gasteiger partial charge in [0.05, 0.1) is 42.8 Å². The zero-order chi connectivity index (χ0) is 40.1. The number of aromatic nitrogens is 4. The quantitative estimate of drug-likeness (QED) is 0.207. The van der Waals surface area contributed by atoms with Crippen molar-refractivity contribution in [1.82, 2.24) is 40.0 Å². The Hall–Kier alpha value is -4.70. The van der Waals surface area contributed by atoms with E-state index in [1.165, 1.54) is 39.5 Å². The Morgan fingerprint density at radius 3 is 1.73 bits per heavy atom. The Bertz CT molecular complexity index is 1790. The molecule has 8 atom stereocenters. The van der Waals surface area contributed by atoms with Gasteiger partial charge in [-0.25, -0.2) is 19.6 Å². The van der Waals surface area contributed by atoms with E-state index in [-0.39, 0.29) is 23.9 Å². The van der Waals surface area contributed by atoms with E-state index in [2.05, 4.69) is 27.4 Å². The third-order valence-corrected chi connectivity index (χ3v) is 12.5. The van der Waals surface area contributed by atoms with Crippen LogP contribution in [0.1, 0.15) is 113 Å². The maximum absolute atomic E-state index is 13.7. The number of allylic oxidation sites excluding steroid dienone is 4. The monoisotopic (exact) mass is 778 g/mol. The number of likely N-dealkylation sites (tertiary alicyclic amines) is 2. The van der Waals surface area contributed by atoms with Crippen LogP contribution in [0.5, 0.6) is 0 Å². The van der Waals surface area contributed by atoms with Gasteiger partial charge in [-0.1, -0.05) is 12.2 Å². The van der Waals surface area contributed by atoms with Crippen molar-refractivity contribution < 1.29 is 38.5 Å². The summed E-state index contributed by atoms with van der Waals surface area (Å²) in [4.78, 5) is 72.3. The van der Waals surface area contributed by atoms with Crippen LogP contribution in [-0.2, 0) is 23.8 Å². The van der Waals surface area contributed by atoms with Gasteiger partial charge in [0.25, 0.3) is 0 Å². The molecule has 0 spiro atoms. The Labute approximate surface area is 328 Å². The topological polar surface area (TPSA) is 195 Å². The molecule has 2 fully saturated rings. The second-order valence-corrected chi connectivity index (χ2v) is 15.6. The molecule has 4 N–H and O–H groups in total. The molecule has 2 aromatic rings. The highest BCUT2D eigenvalue weighted by molar-refractivity contribution is 5.87. The summed E-state index contributed by atoms with van der Waals surface area (Å²) in [5.41, 5.74) is 4.28. The van der Waals surface area contributed by atoms with Crippen molar-refractivity contribution in [3.05, 3.63) is 47.6 Å². The number of carboxylic acid groups (broad SMARTS) is 1. The number of alkyl carbamates (subject to hydrolysis) is 1. The lowest BCUT2D eigenvalue weighted by atomic mass is 9.74. The highest BCUT2D eigenvalue weighted by Crippen LogP contribution is 2.42. The number of likely N-dealkylation sites (N-methyl/N-ethyl adjacent to an activating group) is 1. The lowest BCUT2D eigenvalue weighted by Crippen LogP contribution is -2.54. The van der Waals surface area contributed by atoms with Gasteiger partial charge in [-0.2, -0.15) is 0 Å². The minimum Gasteiger partial charge on any atom is -0.465 e. The summed E-state index contributed by atoms with van der Waals surface area (Å²) in [7, 11) is 5.67. The van der Waals surface area contributed by atoms with Crippen molar-refractivity contribution in [2.24, 2.45) is 11.8 Å². The molecule has 4 amide bonds. The number of carbonyl (C=O) groups is 4. The normalized spacial score (nSPS) is 24.8. The van der Waals surface area contributed by atoms with Crippen molar-refractivity contribution in [2.75, 3.05) is 41.5 Å². The molecule has 0 bridgehead atoms. The van der Waals surface area contributed by atoms with E-state index < -0.39 is 36.5 Å². The Morgan fingerprint density at radius 2 is 1.30 bits per heavy atom. The van der Waals surface area contributed by atoms with Crippen molar-refractivity contribution in [3.8, 4) is 0 Å². The van der Waals surface area contributed by atoms with E-state index in [1.54, 1.807) is 23.6 Å². The molecule has 2 aliphatic heterocycles. The zero-order valence-corrected chi connectivity index (χ0v) is 33.5. The van der Waals surface area contributed by atoms with Gasteiger partial charge in [0.1, 0.15) is 23.7 Å². The lowest BCUT2D eigenvalue weighted by molar-refractivity contribution is -0.141. The summed E-state index contributed by atoms with van der Waals surface area (Å²) >= 11 is 0. The van der Waals surface area contributed by atoms with Crippen molar-refractivity contribution >= 4 is 35.1 Å². The van der Waals surface area contributed by atoms with Gasteiger partial charge in [0, 0.05) is 46.8 Å². The highest BCUT2D eigenvalue weighted by atomic mass is 16.5. The molecule has 4 heterocycles. The predicted octanol–water partition coefficient (Wildman–Crippen LogP) is 5.30. The maximum Gasteiger partial charge on any atom is 0.407 e. The van der Waals surface area contributed by atoms with Gasteiger partial charge in [-0.3, -0.25) is 14.5 Å². The Kier molecular flexibility index (Phi) is 13.2. The molecule has 2 aliphatic carbocycles. The SMILES string of the molecule is COC(=O)N[C@H](C(=O)N1CCC[C@H]1c1nc(C2=CCC(C3CC=C(c4c[nH]c([C@@H]5CCCN5C(=O)[C@H]([C@@H](C)OC)N(C)C(=O)O)n4)CC3)CC2)c[nH]1)[C@@H](C)OC. The summed E-state index contributed by atoms with van der Waals surface area (Å²) in [5.74, 6) is 2.16. The van der Waals surface area contributed by atoms with Crippen molar-refractivity contribution in [1.29, 1.82) is 0 Å². The molecule has 4 aliphatic rings. The molecule has 0 radical (unpaired) electrons. The van der Waals surface area contributed by atoms with Crippen LogP contribution in [0.2, 0.25) is 0 Å². The number of aromatic amines is 2. The molecule has 0 aromatic carbocycles. The van der Waals surface area contributed by atoms with Gasteiger partial charge >= 0.3 is 12.2 Å². The predicted molar refractivity (Wildman–Crippen MR) is 207 cm³/mol. The number of nitrogens with one attached hydrogen (secondary N) is 3. The second kappa shape index (κ2) is 18.0. The Morgan fingerprint density at radius 1 is 0.804 bits per heavy atom. The van der Waals surface area contributed by atoms with E-state index >= 15 is 0 Å². The summed E-state index contributed by atoms with van der Waals surface area (Å²) in [6.07, 6.45) is 14.8. The first kappa shape index (κ1) is 40.9. The van der Waals surface area contributed by atoms with Crippen LogP contribution in [0, 0.1) is 11.8 Å². The number of H-pyrrole nitrogens is 2. The molecular weight excluding hydrogens is 720 g/mol. The first-order chi connectivity index (χ1) is 26.9. The molecule has 56 heavy (non-hydrogen) atoms. The minimum atomic E-state index is -1.18. The van der Waals surface area contributed by atoms with Crippen LogP contribution >= 0.6 is 0 Å². The third-order valence-electron chi connectivity index (χ3n) is 12.5. The molecule has 306 valence electrons. The minimum absolute atomic E-state index is 0.212. The number of rotatable bonds is 13. The highest BCUT2D eigenvalue weighted by Gasteiger charge is 2.42. The van der Waals surface area contributed by atoms with E-state index in [0.717, 1.165) is 92.1 Å². The molecule has 0 saturated carbocycles. The number of carbonyl (C=O) groups excluding carboxylic acids is 3. The molecule has 2 aromatic heterocycles. The van der Waals surface area contributed by atoms with Gasteiger partial charge in [-0.05, 0) is 101 Å². The number of ether oxygens (including phenoxy) is 3. The average Bonchev–Trinajstić information content (AvgIpc) is 4.06. The largest absolute Gasteiger partial charge is 0.465 e. The van der Waals surface area contributed by atoms with E-state index in [9.17, 15) is 24.3 Å². The van der Waals surface area contributed by atoms with Gasteiger partial charge in [0.2, 0.25) is 11.8 Å². The van der Waals surface area contributed by atoms with Crippen LogP contribution in [0.15, 0.2) is 24.5 Å². The molecule has 6 rings (SSSR count). The first-order valence-electron chi connectivity index (χ1n) is 19.9. The fourth-order valence-electron chi connectivity index (χ4n) is 8.98. The zero-order valence-electron chi connectivity index (χ0n) is 33.5. The van der Waals surface area contributed by atoms with Crippen LogP contribution in [0.25, 0.3) is 11.1 Å². The fourth-order valence-corrected chi connectivity index (χ4v) is 8.98. The molecule has 16 nitrogen and oxygen atoms in total. The summed E-state index contributed by atoms with van der Waals surface area (Å²) < 4.78 is 15.6. The smallest absolute Gasteiger partial charge is 0.407 e. The average molecular weight is 779 g/mol. The fraction of sp³-hybridized carbons (Fsp3) is 0.650. The summed E-state index contributed by atoms with van der Waals surface area (Å²) in [5, 5.41) is 12.3. The van der Waals surface area contributed by atoms with Crippen LogP contribution in [0.3, 0.4) is 0 Å². The maximum atomic E-state index is 13.7. The summed E-state index contributed by atoms with van der Waals surface area (Å²) in [6, 6.07) is -2.28. The first-order valence-corrected chi connectivity index (χ1v) is 19.9. The van der Waals surface area contributed by atoms with E-state index in [0.29, 0.717) is 24.9 Å². The number of amides is 4. The standard InChI is InChI=1S/C40H58N8O8/c1-23(54-4)33(45-39(51)56-6)37(49)47-19-7-9-31(47)35-41-21-29(43-35)27-15-11-25(12-16-27)26-13-17-28(18-14-26)30-22-42-36(44-30)32-10-8-20-48(32)38(50)34(24(2)55-5)46(3)40(52)53/h15,17,21-26,31-34H,7-14,16,18-20H2,1-6H3,(H,41,43)(H,42,44)(H,45,51)(H,52,53)/t23-,24-,25?,26?,31+,32+,33+,34+/m1/s1. The molecular formula is C40H58N8O8. The third kappa shape index (κ3) is 8.65. The second-order valence-electron chi connectivity index (χ2n) is 15.6. The molecule has 16 heteroatoms. The van der Waals surface area contributed by atoms with Crippen LogP contribution < -0.4 is 5.32 Å². The lowest BCUT2D eigenvalue weighted by Gasteiger charge is -2.34. The molecule has 2 unspecified atom stereocenters. The summed E-state index contributed by atoms with van der Waals surface area (Å²) in [6.45, 7) is 4.57. The van der Waals surface area contributed by atoms with Gasteiger partial charge < -0.3 is 44.4 Å². The van der Waals surface area contributed by atoms with Crippen LogP contribution in [-0.4, -0.2) is 130 Å². The number of methoxy groups -OCH3 is 3. The van der Waals surface area contributed by atoms with E-state index in [1.807, 2.05) is 12.4 Å². The van der Waals surface area contributed by atoms with E-state index in [4.69, 9.17) is 24.2 Å². The number of hydrogen-bond acceptors (Lipinski definition) is 9. The van der Waals surface area contributed by atoms with Gasteiger partial charge in [-0.15, -0.1) is 0 Å².